The van der Waals surface area contributed by atoms with Gasteiger partial charge >= 0.3 is 0 Å². The van der Waals surface area contributed by atoms with Gasteiger partial charge in [0.2, 0.25) is 0 Å². The molecule has 0 radical (unpaired) electrons. The quantitative estimate of drug-likeness (QED) is 0.771. The van der Waals surface area contributed by atoms with E-state index in [4.69, 9.17) is 0 Å². The van der Waals surface area contributed by atoms with E-state index in [-0.39, 0.29) is 17.3 Å². The van der Waals surface area contributed by atoms with Gasteiger partial charge < -0.3 is 0 Å². The Morgan fingerprint density at radius 1 is 1.33 bits per heavy atom. The van der Waals surface area contributed by atoms with Gasteiger partial charge in [0, 0.05) is 23.1 Å². The highest BCUT2D eigenvalue weighted by Gasteiger charge is 2.09. The number of carbonyl (C=O) groups excluding carboxylic acids is 1. The van der Waals surface area contributed by atoms with Gasteiger partial charge in [-0.3, -0.25) is 4.79 Å². The molecule has 0 heterocycles. The van der Waals surface area contributed by atoms with Crippen LogP contribution in [0.5, 0.6) is 0 Å². The van der Waals surface area contributed by atoms with E-state index in [1.165, 1.54) is 0 Å². The molecule has 0 saturated heterocycles. The fraction of sp³-hybridized carbons (Fsp3) is 0.462. The Morgan fingerprint density at radius 3 is 2.67 bits per heavy atom. The molecule has 18 heavy (non-hydrogen) atoms. The Hall–Kier alpha value is -0.680. The maximum atomic E-state index is 11.7. The minimum Gasteiger partial charge on any atom is -0.299 e. The van der Waals surface area contributed by atoms with E-state index in [9.17, 15) is 13.2 Å². The third-order valence-electron chi connectivity index (χ3n) is 2.64. The molecule has 0 atom stereocenters. The number of hydrogen-bond donors (Lipinski definition) is 0. The topological polar surface area (TPSA) is 51.2 Å². The molecule has 0 bridgehead atoms. The lowest BCUT2D eigenvalue weighted by Crippen LogP contribution is -2.11. The number of ketones is 1. The first-order chi connectivity index (χ1) is 8.43. The molecule has 1 aromatic rings. The Kier molecular flexibility index (Phi) is 6.02. The fourth-order valence-corrected chi connectivity index (χ4v) is 2.92. The van der Waals surface area contributed by atoms with Crippen molar-refractivity contribution in [3.8, 4) is 0 Å². The fourth-order valence-electron chi connectivity index (χ4n) is 1.60. The van der Waals surface area contributed by atoms with Gasteiger partial charge in [0.1, 0.15) is 15.6 Å². The Balaban J connectivity index is 2.39. The van der Waals surface area contributed by atoms with Gasteiger partial charge in [0.15, 0.2) is 0 Å². The molecule has 0 aliphatic carbocycles. The summed E-state index contributed by atoms with van der Waals surface area (Å²) in [5.74, 6) is 0.333. The molecule has 0 saturated carbocycles. The second-order valence-corrected chi connectivity index (χ2v) is 7.57. The van der Waals surface area contributed by atoms with Crippen molar-refractivity contribution < 1.29 is 13.2 Å². The van der Waals surface area contributed by atoms with E-state index in [1.54, 1.807) is 6.92 Å². The smallest absolute Gasteiger partial charge is 0.150 e. The van der Waals surface area contributed by atoms with E-state index in [1.807, 2.05) is 24.3 Å². The van der Waals surface area contributed by atoms with Gasteiger partial charge in [-0.25, -0.2) is 8.42 Å². The van der Waals surface area contributed by atoms with Crippen molar-refractivity contribution in [2.24, 2.45) is 0 Å². The third kappa shape index (κ3) is 5.78. The maximum absolute atomic E-state index is 11.7. The molecule has 0 N–H and O–H groups in total. The van der Waals surface area contributed by atoms with Gasteiger partial charge in [0.05, 0.1) is 5.75 Å². The molecule has 100 valence electrons. The number of hydrogen-bond acceptors (Lipinski definition) is 3. The molecule has 0 aliphatic rings. The van der Waals surface area contributed by atoms with Crippen LogP contribution < -0.4 is 0 Å². The number of rotatable bonds is 7. The minimum atomic E-state index is -2.95. The Morgan fingerprint density at radius 2 is 2.06 bits per heavy atom. The summed E-state index contributed by atoms with van der Waals surface area (Å²) in [5.41, 5.74) is 0.952. The summed E-state index contributed by atoms with van der Waals surface area (Å²) in [6.45, 7) is 1.62. The van der Waals surface area contributed by atoms with E-state index >= 15 is 0 Å². The van der Waals surface area contributed by atoms with Crippen molar-refractivity contribution in [3.05, 3.63) is 34.3 Å². The summed E-state index contributed by atoms with van der Waals surface area (Å²) >= 11 is 3.35. The summed E-state index contributed by atoms with van der Waals surface area (Å²) in [5, 5.41) is 0. The van der Waals surface area contributed by atoms with Crippen LogP contribution in [0.3, 0.4) is 0 Å². The molecule has 0 spiro atoms. The minimum absolute atomic E-state index is 0.0828. The average molecular weight is 333 g/mol. The lowest BCUT2D eigenvalue weighted by atomic mass is 10.1. The van der Waals surface area contributed by atoms with E-state index < -0.39 is 9.84 Å². The molecule has 1 rings (SSSR count). The molecule has 0 fully saturated rings. The lowest BCUT2D eigenvalue weighted by molar-refractivity contribution is -0.118. The van der Waals surface area contributed by atoms with Crippen LogP contribution in [0.4, 0.5) is 0 Å². The number of carbonyl (C=O) groups is 1. The molecule has 0 unspecified atom stereocenters. The van der Waals surface area contributed by atoms with Gasteiger partial charge in [-0.2, -0.15) is 0 Å². The normalized spacial score (nSPS) is 11.4. The highest BCUT2D eigenvalue weighted by molar-refractivity contribution is 9.10. The van der Waals surface area contributed by atoms with Gasteiger partial charge in [-0.15, -0.1) is 0 Å². The molecule has 0 aliphatic heterocycles. The molecule has 3 nitrogen and oxygen atoms in total. The van der Waals surface area contributed by atoms with Crippen LogP contribution in [0.15, 0.2) is 28.7 Å². The zero-order chi connectivity index (χ0) is 13.6. The van der Waals surface area contributed by atoms with Crippen LogP contribution in [-0.4, -0.2) is 25.7 Å². The predicted octanol–water partition coefficient (Wildman–Crippen LogP) is 2.78. The number of benzene rings is 1. The zero-order valence-corrected chi connectivity index (χ0v) is 12.8. The summed E-state index contributed by atoms with van der Waals surface area (Å²) in [6.07, 6.45) is 1.11. The Labute approximate surface area is 117 Å². The first-order valence-corrected chi connectivity index (χ1v) is 8.51. The monoisotopic (exact) mass is 332 g/mol. The summed E-state index contributed by atoms with van der Waals surface area (Å²) in [4.78, 5) is 11.7. The zero-order valence-electron chi connectivity index (χ0n) is 10.4. The van der Waals surface area contributed by atoms with Crippen molar-refractivity contribution in [3.63, 3.8) is 0 Å². The first-order valence-electron chi connectivity index (χ1n) is 5.89. The number of sulfone groups is 1. The Bertz CT molecular complexity index is 509. The number of Topliss-reactive ketones (excluding diaryl/α,β-unsaturated/α-hetero) is 1. The summed E-state index contributed by atoms with van der Waals surface area (Å²) < 4.78 is 23.5. The van der Waals surface area contributed by atoms with Crippen molar-refractivity contribution >= 4 is 31.6 Å². The largest absolute Gasteiger partial charge is 0.299 e. The average Bonchev–Trinajstić information content (AvgIpc) is 2.28. The molecule has 0 amide bonds. The number of halogens is 1. The van der Waals surface area contributed by atoms with Crippen LogP contribution >= 0.6 is 15.9 Å². The maximum Gasteiger partial charge on any atom is 0.150 e. The summed E-state index contributed by atoms with van der Waals surface area (Å²) in [7, 11) is -2.95. The molecule has 1 aromatic carbocycles. The van der Waals surface area contributed by atoms with E-state index in [0.29, 0.717) is 19.3 Å². The first kappa shape index (κ1) is 15.4. The third-order valence-corrected chi connectivity index (χ3v) is 4.92. The standard InChI is InChI=1S/C13H17BrO3S/c1-2-18(16,17)8-4-7-13(15)10-11-5-3-6-12(14)9-11/h3,5-6,9H,2,4,7-8,10H2,1H3. The highest BCUT2D eigenvalue weighted by atomic mass is 79.9. The lowest BCUT2D eigenvalue weighted by Gasteiger charge is -2.03. The van der Waals surface area contributed by atoms with E-state index in [2.05, 4.69) is 15.9 Å². The van der Waals surface area contributed by atoms with Crippen LogP contribution in [0, 0.1) is 0 Å². The van der Waals surface area contributed by atoms with Crippen molar-refractivity contribution in [2.45, 2.75) is 26.2 Å². The van der Waals surface area contributed by atoms with Gasteiger partial charge in [0.25, 0.3) is 0 Å². The van der Waals surface area contributed by atoms with Crippen LogP contribution in [-0.2, 0) is 21.1 Å². The van der Waals surface area contributed by atoms with Gasteiger partial charge in [-0.1, -0.05) is 35.0 Å². The molecule has 0 aromatic heterocycles. The van der Waals surface area contributed by atoms with Crippen molar-refractivity contribution in [1.29, 1.82) is 0 Å². The summed E-state index contributed by atoms with van der Waals surface area (Å²) in [6, 6.07) is 7.59. The molecular weight excluding hydrogens is 316 g/mol. The van der Waals surface area contributed by atoms with Gasteiger partial charge in [-0.05, 0) is 24.1 Å². The molecular formula is C13H17BrO3S. The second-order valence-electron chi connectivity index (χ2n) is 4.19. The van der Waals surface area contributed by atoms with Crippen molar-refractivity contribution in [2.75, 3.05) is 11.5 Å². The van der Waals surface area contributed by atoms with E-state index in [0.717, 1.165) is 10.0 Å². The van der Waals surface area contributed by atoms with Crippen LogP contribution in [0.2, 0.25) is 0 Å². The van der Waals surface area contributed by atoms with Crippen molar-refractivity contribution in [1.82, 2.24) is 0 Å². The SMILES string of the molecule is CCS(=O)(=O)CCCC(=O)Cc1cccc(Br)c1. The second kappa shape index (κ2) is 7.04. The molecule has 5 heteroatoms. The van der Waals surface area contributed by atoms with Crippen LogP contribution in [0.25, 0.3) is 0 Å². The highest BCUT2D eigenvalue weighted by Crippen LogP contribution is 2.13. The van der Waals surface area contributed by atoms with Crippen LogP contribution in [0.1, 0.15) is 25.3 Å². The predicted molar refractivity (Wildman–Crippen MR) is 76.4 cm³/mol.